The van der Waals surface area contributed by atoms with Crippen LogP contribution in [0.4, 0.5) is 5.69 Å². The summed E-state index contributed by atoms with van der Waals surface area (Å²) in [6.07, 6.45) is 5.94. The van der Waals surface area contributed by atoms with Gasteiger partial charge in [0, 0.05) is 31.3 Å². The van der Waals surface area contributed by atoms with E-state index in [2.05, 4.69) is 27.5 Å². The molecule has 3 aromatic rings. The zero-order valence-electron chi connectivity index (χ0n) is 15.0. The molecule has 0 bridgehead atoms. The fourth-order valence-electron chi connectivity index (χ4n) is 3.48. The number of thiocarbonyl (C=S) groups is 1. The predicted molar refractivity (Wildman–Crippen MR) is 111 cm³/mol. The molecular weight excluding hydrogens is 380 g/mol. The normalized spacial score (nSPS) is 19.2. The van der Waals surface area contributed by atoms with E-state index < -0.39 is 0 Å². The molecule has 1 saturated heterocycles. The van der Waals surface area contributed by atoms with E-state index >= 15 is 0 Å². The topological polar surface area (TPSA) is 42.3 Å². The zero-order chi connectivity index (χ0) is 19.0. The highest BCUT2D eigenvalue weighted by Crippen LogP contribution is 2.42. The van der Waals surface area contributed by atoms with Gasteiger partial charge < -0.3 is 19.5 Å². The van der Waals surface area contributed by atoms with Crippen LogP contribution in [0.25, 0.3) is 0 Å². The van der Waals surface area contributed by atoms with Crippen molar-refractivity contribution in [2.75, 3.05) is 12.0 Å². The fourth-order valence-corrected chi connectivity index (χ4v) is 4.07. The van der Waals surface area contributed by atoms with Gasteiger partial charge in [-0.3, -0.25) is 4.98 Å². The molecule has 27 heavy (non-hydrogen) atoms. The Bertz CT molecular complexity index is 975. The highest BCUT2D eigenvalue weighted by Gasteiger charge is 2.41. The van der Waals surface area contributed by atoms with Gasteiger partial charge in [-0.2, -0.15) is 0 Å². The maximum Gasteiger partial charge on any atom is 0.174 e. The summed E-state index contributed by atoms with van der Waals surface area (Å²) in [6.45, 7) is 0. The average molecular weight is 399 g/mol. The Kier molecular flexibility index (Phi) is 4.76. The minimum absolute atomic E-state index is 0.0435. The van der Waals surface area contributed by atoms with Crippen molar-refractivity contribution in [2.45, 2.75) is 12.1 Å². The van der Waals surface area contributed by atoms with Crippen molar-refractivity contribution in [3.05, 3.63) is 77.3 Å². The molecule has 3 heterocycles. The molecule has 0 aliphatic carbocycles. The Morgan fingerprint density at radius 2 is 2.07 bits per heavy atom. The molecule has 1 aromatic carbocycles. The second kappa shape index (κ2) is 7.21. The van der Waals surface area contributed by atoms with E-state index in [1.807, 2.05) is 54.2 Å². The van der Waals surface area contributed by atoms with Crippen LogP contribution in [0.2, 0.25) is 5.02 Å². The third-order valence-electron chi connectivity index (χ3n) is 4.71. The lowest BCUT2D eigenvalue weighted by Gasteiger charge is -2.27. The molecule has 0 amide bonds. The van der Waals surface area contributed by atoms with Crippen LogP contribution in [-0.2, 0) is 7.05 Å². The van der Waals surface area contributed by atoms with Crippen molar-refractivity contribution < 1.29 is 4.74 Å². The van der Waals surface area contributed by atoms with Crippen molar-refractivity contribution in [1.82, 2.24) is 14.9 Å². The first-order chi connectivity index (χ1) is 13.1. The summed E-state index contributed by atoms with van der Waals surface area (Å²) in [4.78, 5) is 6.64. The largest absolute Gasteiger partial charge is 0.495 e. The van der Waals surface area contributed by atoms with Gasteiger partial charge in [-0.15, -0.1) is 0 Å². The van der Waals surface area contributed by atoms with Crippen LogP contribution in [0.3, 0.4) is 0 Å². The van der Waals surface area contributed by atoms with Gasteiger partial charge in [-0.05, 0) is 54.2 Å². The first-order valence-electron chi connectivity index (χ1n) is 8.54. The monoisotopic (exact) mass is 398 g/mol. The van der Waals surface area contributed by atoms with Crippen molar-refractivity contribution in [2.24, 2.45) is 7.05 Å². The van der Waals surface area contributed by atoms with Crippen molar-refractivity contribution >= 4 is 34.6 Å². The molecule has 1 N–H and O–H groups in total. The van der Waals surface area contributed by atoms with E-state index in [0.717, 1.165) is 16.9 Å². The number of rotatable bonds is 4. The smallest absolute Gasteiger partial charge is 0.174 e. The van der Waals surface area contributed by atoms with Crippen LogP contribution in [-0.4, -0.2) is 21.8 Å². The molecule has 2 atom stereocenters. The van der Waals surface area contributed by atoms with Crippen molar-refractivity contribution in [1.29, 1.82) is 0 Å². The molecule has 5 nitrogen and oxygen atoms in total. The van der Waals surface area contributed by atoms with E-state index in [1.54, 1.807) is 13.3 Å². The van der Waals surface area contributed by atoms with Crippen LogP contribution >= 0.6 is 23.8 Å². The lowest BCUT2D eigenvalue weighted by Crippen LogP contribution is -2.29. The number of nitrogens with zero attached hydrogens (tertiary/aromatic N) is 3. The summed E-state index contributed by atoms with van der Waals surface area (Å²) in [5.74, 6) is 0.635. The predicted octanol–water partition coefficient (Wildman–Crippen LogP) is 4.26. The van der Waals surface area contributed by atoms with Gasteiger partial charge in [0.2, 0.25) is 0 Å². The molecule has 7 heteroatoms. The Labute approximate surface area is 168 Å². The van der Waals surface area contributed by atoms with Crippen LogP contribution in [0.5, 0.6) is 5.75 Å². The van der Waals surface area contributed by atoms with Gasteiger partial charge in [-0.1, -0.05) is 17.7 Å². The number of ether oxygens (including phenoxy) is 1. The molecule has 0 spiro atoms. The highest BCUT2D eigenvalue weighted by atomic mass is 35.5. The summed E-state index contributed by atoms with van der Waals surface area (Å²) >= 11 is 12.1. The molecule has 0 unspecified atom stereocenters. The number of nitrogens with one attached hydrogen (secondary N) is 1. The summed E-state index contributed by atoms with van der Waals surface area (Å²) in [7, 11) is 3.61. The lowest BCUT2D eigenvalue weighted by molar-refractivity contribution is 0.415. The Morgan fingerprint density at radius 1 is 1.22 bits per heavy atom. The summed E-state index contributed by atoms with van der Waals surface area (Å²) in [5, 5.41) is 4.62. The van der Waals surface area contributed by atoms with E-state index in [-0.39, 0.29) is 12.1 Å². The second-order valence-corrected chi connectivity index (χ2v) is 7.22. The number of hydrogen-bond acceptors (Lipinski definition) is 3. The van der Waals surface area contributed by atoms with Crippen LogP contribution in [0.1, 0.15) is 23.3 Å². The zero-order valence-corrected chi connectivity index (χ0v) is 16.5. The molecule has 1 aliphatic heterocycles. The average Bonchev–Trinajstić information content (AvgIpc) is 3.25. The van der Waals surface area contributed by atoms with Crippen molar-refractivity contribution in [3.63, 3.8) is 0 Å². The van der Waals surface area contributed by atoms with E-state index in [4.69, 9.17) is 28.6 Å². The quantitative estimate of drug-likeness (QED) is 0.665. The summed E-state index contributed by atoms with van der Waals surface area (Å²) in [5.41, 5.74) is 2.99. The van der Waals surface area contributed by atoms with Crippen LogP contribution in [0, 0.1) is 0 Å². The van der Waals surface area contributed by atoms with E-state index in [0.29, 0.717) is 15.9 Å². The van der Waals surface area contributed by atoms with Gasteiger partial charge in [0.05, 0.1) is 29.9 Å². The molecule has 0 saturated carbocycles. The van der Waals surface area contributed by atoms with Gasteiger partial charge in [0.25, 0.3) is 0 Å². The Balaban J connectivity index is 1.81. The molecule has 4 rings (SSSR count). The molecule has 138 valence electrons. The number of hydrogen-bond donors (Lipinski definition) is 1. The maximum atomic E-state index is 6.38. The fraction of sp³-hybridized carbons (Fsp3) is 0.200. The Hall–Kier alpha value is -2.57. The highest BCUT2D eigenvalue weighted by molar-refractivity contribution is 7.80. The maximum absolute atomic E-state index is 6.38. The number of anilines is 1. The molecular formula is C20H19ClN4OS. The molecule has 1 fully saturated rings. The molecule has 0 radical (unpaired) electrons. The van der Waals surface area contributed by atoms with E-state index in [9.17, 15) is 0 Å². The van der Waals surface area contributed by atoms with E-state index in [1.165, 1.54) is 0 Å². The SMILES string of the molecule is COc1ccc(N2C(=S)N[C@@H](c3ccccn3)[C@@H]2c2ccn(C)c2)cc1Cl. The number of methoxy groups -OCH3 is 1. The van der Waals surface area contributed by atoms with Gasteiger partial charge >= 0.3 is 0 Å². The Morgan fingerprint density at radius 3 is 2.70 bits per heavy atom. The van der Waals surface area contributed by atoms with Crippen molar-refractivity contribution in [3.8, 4) is 5.75 Å². The number of halogens is 1. The summed E-state index contributed by atoms with van der Waals surface area (Å²) < 4.78 is 7.32. The number of benzene rings is 1. The first-order valence-corrected chi connectivity index (χ1v) is 9.33. The molecule has 2 aromatic heterocycles. The van der Waals surface area contributed by atoms with Crippen LogP contribution in [0.15, 0.2) is 61.1 Å². The number of aryl methyl sites for hydroxylation is 1. The van der Waals surface area contributed by atoms with Crippen LogP contribution < -0.4 is 15.0 Å². The van der Waals surface area contributed by atoms with Gasteiger partial charge in [0.1, 0.15) is 5.75 Å². The number of pyridine rings is 1. The van der Waals surface area contributed by atoms with Gasteiger partial charge in [-0.25, -0.2) is 0 Å². The minimum Gasteiger partial charge on any atom is -0.495 e. The second-order valence-electron chi connectivity index (χ2n) is 6.43. The number of aromatic nitrogens is 2. The third-order valence-corrected chi connectivity index (χ3v) is 5.32. The molecule has 1 aliphatic rings. The standard InChI is InChI=1S/C20H19ClN4OS/c1-24-10-8-13(12-24)19-18(16-5-3-4-9-22-16)23-20(27)25(19)14-6-7-17(26-2)15(21)11-14/h3-12,18-19H,1-2H3,(H,23,27)/t18-,19-/m0/s1. The summed E-state index contributed by atoms with van der Waals surface area (Å²) in [6, 6.07) is 13.6. The minimum atomic E-state index is -0.0676. The van der Waals surface area contributed by atoms with Gasteiger partial charge in [0.15, 0.2) is 5.11 Å². The lowest BCUT2D eigenvalue weighted by atomic mass is 9.98. The third kappa shape index (κ3) is 3.26. The first kappa shape index (κ1) is 17.8.